The van der Waals surface area contributed by atoms with E-state index >= 15 is 0 Å². The molecule has 9 heteroatoms. The third-order valence-electron chi connectivity index (χ3n) is 3.00. The number of anilines is 2. The van der Waals surface area contributed by atoms with Gasteiger partial charge in [-0.25, -0.2) is 8.42 Å². The third-order valence-corrected chi connectivity index (χ3v) is 4.39. The predicted molar refractivity (Wildman–Crippen MR) is 92.5 cm³/mol. The van der Waals surface area contributed by atoms with Gasteiger partial charge in [0.15, 0.2) is 0 Å². The first kappa shape index (κ1) is 17.8. The summed E-state index contributed by atoms with van der Waals surface area (Å²) >= 11 is 0. The van der Waals surface area contributed by atoms with Crippen LogP contribution in [0.1, 0.15) is 0 Å². The largest absolute Gasteiger partial charge is 0.497 e. The summed E-state index contributed by atoms with van der Waals surface area (Å²) in [5.74, 6) is 0.531. The van der Waals surface area contributed by atoms with Crippen molar-refractivity contribution in [3.63, 3.8) is 0 Å². The summed E-state index contributed by atoms with van der Waals surface area (Å²) in [6.07, 6.45) is 0. The fourth-order valence-corrected chi connectivity index (χ4v) is 2.85. The van der Waals surface area contributed by atoms with Gasteiger partial charge in [-0.2, -0.15) is 15.6 Å². The van der Waals surface area contributed by atoms with Crippen LogP contribution in [0, 0.1) is 22.7 Å². The number of nitrogens with zero attached hydrogens (tertiary/aromatic N) is 3. The molecule has 25 heavy (non-hydrogen) atoms. The van der Waals surface area contributed by atoms with Crippen LogP contribution in [-0.4, -0.2) is 21.2 Å². The molecule has 8 nitrogen and oxygen atoms in total. The van der Waals surface area contributed by atoms with Crippen LogP contribution in [0.15, 0.2) is 58.5 Å². The molecular weight excluding hydrogens is 342 g/mol. The third kappa shape index (κ3) is 4.70. The van der Waals surface area contributed by atoms with E-state index in [2.05, 4.69) is 15.2 Å². The normalized spacial score (nSPS) is 10.0. The molecule has 0 amide bonds. The van der Waals surface area contributed by atoms with Gasteiger partial charge in [-0.1, -0.05) is 6.07 Å². The van der Waals surface area contributed by atoms with Crippen molar-refractivity contribution < 1.29 is 13.2 Å². The number of hydrogen-bond acceptors (Lipinski definition) is 7. The molecule has 0 radical (unpaired) electrons. The minimum atomic E-state index is -3.77. The molecule has 0 atom stereocenters. The lowest BCUT2D eigenvalue weighted by Crippen LogP contribution is -2.12. The Morgan fingerprint density at radius 3 is 2.36 bits per heavy atom. The molecule has 0 aliphatic carbocycles. The van der Waals surface area contributed by atoms with E-state index < -0.39 is 10.0 Å². The SMILES string of the molecule is COc1cccc(NS(=O)(=O)c2ccc(NN=C(C#N)C#N)cc2)c1. The van der Waals surface area contributed by atoms with E-state index in [9.17, 15) is 8.42 Å². The second-order valence-corrected chi connectivity index (χ2v) is 6.34. The molecule has 2 aromatic carbocycles. The van der Waals surface area contributed by atoms with Gasteiger partial charge in [0.2, 0.25) is 5.71 Å². The first-order chi connectivity index (χ1) is 12.0. The lowest BCUT2D eigenvalue weighted by atomic mass is 10.3. The van der Waals surface area contributed by atoms with Crippen molar-refractivity contribution in [2.45, 2.75) is 4.90 Å². The highest BCUT2D eigenvalue weighted by Gasteiger charge is 2.14. The second-order valence-electron chi connectivity index (χ2n) is 4.66. The zero-order valence-electron chi connectivity index (χ0n) is 13.1. The van der Waals surface area contributed by atoms with Gasteiger partial charge < -0.3 is 4.74 Å². The van der Waals surface area contributed by atoms with Crippen LogP contribution in [0.2, 0.25) is 0 Å². The summed E-state index contributed by atoms with van der Waals surface area (Å²) in [6, 6.07) is 15.4. The van der Waals surface area contributed by atoms with Gasteiger partial charge in [0.1, 0.15) is 17.9 Å². The monoisotopic (exact) mass is 355 g/mol. The Bertz CT molecular complexity index is 954. The molecule has 0 fully saturated rings. The first-order valence-corrected chi connectivity index (χ1v) is 8.37. The Morgan fingerprint density at radius 2 is 1.76 bits per heavy atom. The summed E-state index contributed by atoms with van der Waals surface area (Å²) in [5, 5.41) is 20.8. The average molecular weight is 355 g/mol. The van der Waals surface area contributed by atoms with Crippen molar-refractivity contribution in [3.8, 4) is 17.9 Å². The van der Waals surface area contributed by atoms with E-state index in [0.29, 0.717) is 17.1 Å². The van der Waals surface area contributed by atoms with Crippen molar-refractivity contribution in [1.29, 1.82) is 10.5 Å². The number of nitrogens with one attached hydrogen (secondary N) is 2. The molecular formula is C16H13N5O3S. The first-order valence-electron chi connectivity index (χ1n) is 6.89. The molecule has 0 saturated carbocycles. The van der Waals surface area contributed by atoms with E-state index in [-0.39, 0.29) is 10.6 Å². The number of benzene rings is 2. The zero-order valence-corrected chi connectivity index (χ0v) is 13.9. The highest BCUT2D eigenvalue weighted by molar-refractivity contribution is 7.92. The molecule has 0 aromatic heterocycles. The van der Waals surface area contributed by atoms with Crippen LogP contribution in [0.25, 0.3) is 0 Å². The Kier molecular flexibility index (Phi) is 5.56. The fourth-order valence-electron chi connectivity index (χ4n) is 1.80. The number of nitriles is 2. The maximum Gasteiger partial charge on any atom is 0.261 e. The van der Waals surface area contributed by atoms with Gasteiger partial charge in [-0.3, -0.25) is 10.1 Å². The highest BCUT2D eigenvalue weighted by atomic mass is 32.2. The summed E-state index contributed by atoms with van der Waals surface area (Å²) in [6.45, 7) is 0. The molecule has 0 heterocycles. The Hall–Kier alpha value is -3.56. The summed E-state index contributed by atoms with van der Waals surface area (Å²) in [7, 11) is -2.28. The standard InChI is InChI=1S/C16H13N5O3S/c1-24-15-4-2-3-13(9-15)21-25(22,23)16-7-5-12(6-8-16)19-20-14(10-17)11-18/h2-9,19,21H,1H3. The molecule has 2 N–H and O–H groups in total. The second kappa shape index (κ2) is 7.81. The maximum absolute atomic E-state index is 12.4. The van der Waals surface area contributed by atoms with Crippen LogP contribution in [-0.2, 0) is 10.0 Å². The van der Waals surface area contributed by atoms with Crippen molar-refractivity contribution in [3.05, 3.63) is 48.5 Å². The van der Waals surface area contributed by atoms with Crippen molar-refractivity contribution in [1.82, 2.24) is 0 Å². The predicted octanol–water partition coefficient (Wildman–Crippen LogP) is 2.31. The van der Waals surface area contributed by atoms with Crippen LogP contribution in [0.3, 0.4) is 0 Å². The minimum absolute atomic E-state index is 0.0469. The zero-order chi connectivity index (χ0) is 18.3. The Balaban J connectivity index is 2.16. The van der Waals surface area contributed by atoms with E-state index in [4.69, 9.17) is 15.3 Å². The van der Waals surface area contributed by atoms with Gasteiger partial charge in [-0.15, -0.1) is 0 Å². The molecule has 0 saturated heterocycles. The number of ether oxygens (including phenoxy) is 1. The van der Waals surface area contributed by atoms with Crippen LogP contribution in [0.4, 0.5) is 11.4 Å². The molecule has 0 aliphatic heterocycles. The van der Waals surface area contributed by atoms with E-state index in [1.807, 2.05) is 0 Å². The lowest BCUT2D eigenvalue weighted by Gasteiger charge is -2.09. The number of methoxy groups -OCH3 is 1. The molecule has 0 aliphatic rings. The van der Waals surface area contributed by atoms with Crippen molar-refractivity contribution >= 4 is 27.1 Å². The topological polar surface area (TPSA) is 127 Å². The van der Waals surface area contributed by atoms with Gasteiger partial charge in [0.05, 0.1) is 23.4 Å². The quantitative estimate of drug-likeness (QED) is 0.604. The summed E-state index contributed by atoms with van der Waals surface area (Å²) in [5.41, 5.74) is 2.97. The molecule has 2 aromatic rings. The summed E-state index contributed by atoms with van der Waals surface area (Å²) in [4.78, 5) is 0.0469. The van der Waals surface area contributed by atoms with E-state index in [1.165, 1.54) is 31.4 Å². The summed E-state index contributed by atoms with van der Waals surface area (Å²) < 4.78 is 32.3. The average Bonchev–Trinajstić information content (AvgIpc) is 2.63. The molecule has 0 spiro atoms. The number of rotatable bonds is 6. The maximum atomic E-state index is 12.4. The minimum Gasteiger partial charge on any atom is -0.497 e. The Labute approximate surface area is 145 Å². The van der Waals surface area contributed by atoms with Crippen molar-refractivity contribution in [2.24, 2.45) is 5.10 Å². The number of hydrogen-bond donors (Lipinski definition) is 2. The number of hydrazone groups is 1. The smallest absolute Gasteiger partial charge is 0.261 e. The van der Waals surface area contributed by atoms with Gasteiger partial charge in [-0.05, 0) is 36.4 Å². The molecule has 0 bridgehead atoms. The highest BCUT2D eigenvalue weighted by Crippen LogP contribution is 2.21. The molecule has 0 unspecified atom stereocenters. The van der Waals surface area contributed by atoms with E-state index in [0.717, 1.165) is 0 Å². The molecule has 2 rings (SSSR count). The fraction of sp³-hybridized carbons (Fsp3) is 0.0625. The van der Waals surface area contributed by atoms with Gasteiger partial charge in [0, 0.05) is 6.07 Å². The Morgan fingerprint density at radius 1 is 1.08 bits per heavy atom. The number of sulfonamides is 1. The van der Waals surface area contributed by atoms with Crippen molar-refractivity contribution in [2.75, 3.05) is 17.3 Å². The van der Waals surface area contributed by atoms with Crippen LogP contribution >= 0.6 is 0 Å². The van der Waals surface area contributed by atoms with Crippen LogP contribution in [0.5, 0.6) is 5.75 Å². The lowest BCUT2D eigenvalue weighted by molar-refractivity contribution is 0.415. The molecule has 126 valence electrons. The van der Waals surface area contributed by atoms with Crippen LogP contribution < -0.4 is 14.9 Å². The van der Waals surface area contributed by atoms with Gasteiger partial charge in [0.25, 0.3) is 10.0 Å². The van der Waals surface area contributed by atoms with E-state index in [1.54, 1.807) is 36.4 Å². The van der Waals surface area contributed by atoms with Gasteiger partial charge >= 0.3 is 0 Å².